The van der Waals surface area contributed by atoms with Gasteiger partial charge in [0.2, 0.25) is 17.7 Å². The van der Waals surface area contributed by atoms with Gasteiger partial charge in [-0.25, -0.2) is 4.79 Å². The topological polar surface area (TPSA) is 226 Å². The Hall–Kier alpha value is -3.71. The number of carboxylic acid groups (broad SMARTS) is 1. The van der Waals surface area contributed by atoms with Gasteiger partial charge in [-0.15, -0.1) is 0 Å². The monoisotopic (exact) mass is 505 g/mol. The largest absolute Gasteiger partial charge is 0.480 e. The zero-order valence-corrected chi connectivity index (χ0v) is 20.0. The summed E-state index contributed by atoms with van der Waals surface area (Å²) in [6.45, 7) is -0.120. The molecule has 3 amide bonds. The number of nitrogens with zero attached hydrogens (tertiary/aromatic N) is 2. The number of likely N-dealkylation sites (tertiary alicyclic amines) is 1. The molecule has 1 aromatic rings. The summed E-state index contributed by atoms with van der Waals surface area (Å²) in [5, 5.41) is 23.9. The van der Waals surface area contributed by atoms with Crippen LogP contribution in [0.3, 0.4) is 0 Å². The van der Waals surface area contributed by atoms with Gasteiger partial charge in [-0.05, 0) is 31.2 Å². The van der Waals surface area contributed by atoms with Crippen molar-refractivity contribution in [3.05, 3.63) is 35.9 Å². The molecule has 36 heavy (non-hydrogen) atoms. The van der Waals surface area contributed by atoms with Crippen molar-refractivity contribution in [3.63, 3.8) is 0 Å². The molecule has 1 saturated heterocycles. The summed E-state index contributed by atoms with van der Waals surface area (Å²) in [7, 11) is 0. The number of hydrogen-bond donors (Lipinski definition) is 7. The molecule has 0 spiro atoms. The number of aliphatic imine (C=N–C) groups is 1. The summed E-state index contributed by atoms with van der Waals surface area (Å²) in [5.41, 5.74) is 17.0. The summed E-state index contributed by atoms with van der Waals surface area (Å²) in [4.78, 5) is 55.7. The number of hydrogen-bond acceptors (Lipinski definition) is 7. The van der Waals surface area contributed by atoms with E-state index in [9.17, 15) is 24.3 Å². The molecule has 4 unspecified atom stereocenters. The van der Waals surface area contributed by atoms with Crippen LogP contribution in [0.15, 0.2) is 35.3 Å². The van der Waals surface area contributed by atoms with E-state index in [2.05, 4.69) is 15.6 Å². The molecule has 0 bridgehead atoms. The molecule has 0 saturated carbocycles. The molecular formula is C23H35N7O6. The van der Waals surface area contributed by atoms with Crippen molar-refractivity contribution < 1.29 is 29.4 Å². The summed E-state index contributed by atoms with van der Waals surface area (Å²) in [6.07, 6.45) is 1.48. The zero-order valence-electron chi connectivity index (χ0n) is 20.0. The third-order valence-electron chi connectivity index (χ3n) is 5.83. The number of aliphatic hydroxyl groups excluding tert-OH is 1. The Morgan fingerprint density at radius 2 is 1.81 bits per heavy atom. The summed E-state index contributed by atoms with van der Waals surface area (Å²) in [5.74, 6) is -3.10. The molecule has 1 aliphatic rings. The van der Waals surface area contributed by atoms with E-state index in [0.29, 0.717) is 19.3 Å². The number of carboxylic acids is 1. The highest BCUT2D eigenvalue weighted by atomic mass is 16.4. The van der Waals surface area contributed by atoms with E-state index < -0.39 is 54.5 Å². The number of amides is 3. The Bertz CT molecular complexity index is 938. The van der Waals surface area contributed by atoms with E-state index in [0.717, 1.165) is 5.56 Å². The minimum Gasteiger partial charge on any atom is -0.480 e. The molecule has 1 fully saturated rings. The number of guanidine groups is 1. The van der Waals surface area contributed by atoms with Crippen molar-refractivity contribution in [2.75, 3.05) is 19.7 Å². The van der Waals surface area contributed by atoms with Crippen molar-refractivity contribution in [1.82, 2.24) is 15.5 Å². The van der Waals surface area contributed by atoms with Crippen molar-refractivity contribution in [2.24, 2.45) is 22.2 Å². The lowest BCUT2D eigenvalue weighted by atomic mass is 10.0. The normalized spacial score (nSPS) is 17.5. The van der Waals surface area contributed by atoms with Crippen LogP contribution in [-0.4, -0.2) is 88.6 Å². The van der Waals surface area contributed by atoms with E-state index in [4.69, 9.17) is 22.3 Å². The lowest BCUT2D eigenvalue weighted by Gasteiger charge is -2.30. The lowest BCUT2D eigenvalue weighted by Crippen LogP contribution is -2.57. The lowest BCUT2D eigenvalue weighted by molar-refractivity contribution is -0.145. The Balaban J connectivity index is 2.12. The first-order valence-electron chi connectivity index (χ1n) is 11.7. The van der Waals surface area contributed by atoms with Crippen LogP contribution in [0.5, 0.6) is 0 Å². The molecule has 1 aliphatic heterocycles. The van der Waals surface area contributed by atoms with Gasteiger partial charge in [-0.1, -0.05) is 30.3 Å². The first kappa shape index (κ1) is 28.5. The number of benzene rings is 1. The number of aliphatic carboxylic acids is 1. The molecule has 198 valence electrons. The van der Waals surface area contributed by atoms with E-state index in [1.54, 1.807) is 30.3 Å². The minimum absolute atomic E-state index is 0.0884. The fourth-order valence-corrected chi connectivity index (χ4v) is 3.94. The Morgan fingerprint density at radius 1 is 1.11 bits per heavy atom. The summed E-state index contributed by atoms with van der Waals surface area (Å²) in [6, 6.07) is 4.58. The van der Waals surface area contributed by atoms with E-state index in [-0.39, 0.29) is 31.9 Å². The van der Waals surface area contributed by atoms with Gasteiger partial charge in [-0.2, -0.15) is 0 Å². The maximum absolute atomic E-state index is 13.4. The quantitative estimate of drug-likeness (QED) is 0.0863. The molecule has 4 atom stereocenters. The fraction of sp³-hybridized carbons (Fsp3) is 0.522. The van der Waals surface area contributed by atoms with Crippen LogP contribution in [0.2, 0.25) is 0 Å². The predicted octanol–water partition coefficient (Wildman–Crippen LogP) is -2.35. The van der Waals surface area contributed by atoms with Gasteiger partial charge in [0.05, 0.1) is 6.61 Å². The third-order valence-corrected chi connectivity index (χ3v) is 5.83. The molecule has 10 N–H and O–H groups in total. The van der Waals surface area contributed by atoms with Gasteiger partial charge in [0.15, 0.2) is 5.96 Å². The first-order valence-corrected chi connectivity index (χ1v) is 11.7. The number of nitrogens with one attached hydrogen (secondary N) is 2. The maximum Gasteiger partial charge on any atom is 0.326 e. The van der Waals surface area contributed by atoms with Gasteiger partial charge in [-0.3, -0.25) is 19.4 Å². The van der Waals surface area contributed by atoms with Crippen LogP contribution in [0.4, 0.5) is 0 Å². The zero-order chi connectivity index (χ0) is 26.7. The minimum atomic E-state index is -1.22. The van der Waals surface area contributed by atoms with Gasteiger partial charge < -0.3 is 42.9 Å². The van der Waals surface area contributed by atoms with Crippen LogP contribution in [0, 0.1) is 0 Å². The molecule has 0 aliphatic carbocycles. The summed E-state index contributed by atoms with van der Waals surface area (Å²) < 4.78 is 0. The Kier molecular flexibility index (Phi) is 11.1. The van der Waals surface area contributed by atoms with Crippen LogP contribution < -0.4 is 27.8 Å². The summed E-state index contributed by atoms with van der Waals surface area (Å²) >= 11 is 0. The fourth-order valence-electron chi connectivity index (χ4n) is 3.94. The molecule has 1 heterocycles. The standard InChI is InChI=1S/C23H35N7O6/c24-15(13-31)19(32)28-16(8-4-10-27-23(25)26)21(34)30-11-5-9-18(30)20(33)29-17(22(35)36)12-14-6-2-1-3-7-14/h1-3,6-7,15-18,31H,4-5,8-13,24H2,(H,28,32)(H,29,33)(H,35,36)(H4,25,26,27). The van der Waals surface area contributed by atoms with Crippen molar-refractivity contribution >= 4 is 29.7 Å². The Morgan fingerprint density at radius 3 is 2.42 bits per heavy atom. The number of rotatable bonds is 13. The van der Waals surface area contributed by atoms with Crippen molar-refractivity contribution in [3.8, 4) is 0 Å². The van der Waals surface area contributed by atoms with E-state index >= 15 is 0 Å². The highest BCUT2D eigenvalue weighted by Crippen LogP contribution is 2.20. The van der Waals surface area contributed by atoms with Crippen LogP contribution in [0.25, 0.3) is 0 Å². The third kappa shape index (κ3) is 8.50. The molecule has 1 aromatic carbocycles. The first-order chi connectivity index (χ1) is 17.1. The molecule has 13 heteroatoms. The SMILES string of the molecule is NC(N)=NCCCC(NC(=O)C(N)CO)C(=O)N1CCCC1C(=O)NC(Cc1ccccc1)C(=O)O. The predicted molar refractivity (Wildman–Crippen MR) is 131 cm³/mol. The van der Waals surface area contributed by atoms with Gasteiger partial charge in [0.25, 0.3) is 0 Å². The number of aliphatic hydroxyl groups is 1. The van der Waals surface area contributed by atoms with Crippen molar-refractivity contribution in [2.45, 2.75) is 56.3 Å². The van der Waals surface area contributed by atoms with Crippen LogP contribution >= 0.6 is 0 Å². The second kappa shape index (κ2) is 14.0. The maximum atomic E-state index is 13.4. The van der Waals surface area contributed by atoms with Crippen LogP contribution in [-0.2, 0) is 25.6 Å². The van der Waals surface area contributed by atoms with Gasteiger partial charge >= 0.3 is 5.97 Å². The molecule has 0 aromatic heterocycles. The van der Waals surface area contributed by atoms with Gasteiger partial charge in [0, 0.05) is 19.5 Å². The van der Waals surface area contributed by atoms with E-state index in [1.165, 1.54) is 4.90 Å². The number of nitrogens with two attached hydrogens (primary N) is 3. The molecule has 2 rings (SSSR count). The highest BCUT2D eigenvalue weighted by Gasteiger charge is 2.39. The molecule has 0 radical (unpaired) electrons. The van der Waals surface area contributed by atoms with Gasteiger partial charge in [0.1, 0.15) is 24.2 Å². The highest BCUT2D eigenvalue weighted by molar-refractivity contribution is 5.94. The van der Waals surface area contributed by atoms with Crippen molar-refractivity contribution in [1.29, 1.82) is 0 Å². The second-order valence-corrected chi connectivity index (χ2v) is 8.58. The van der Waals surface area contributed by atoms with E-state index in [1.807, 2.05) is 0 Å². The Labute approximate surface area is 209 Å². The average molecular weight is 506 g/mol. The van der Waals surface area contributed by atoms with Crippen LogP contribution in [0.1, 0.15) is 31.2 Å². The molecule has 13 nitrogen and oxygen atoms in total. The number of carbonyl (C=O) groups is 4. The smallest absolute Gasteiger partial charge is 0.326 e. The second-order valence-electron chi connectivity index (χ2n) is 8.58. The number of carbonyl (C=O) groups excluding carboxylic acids is 3. The molecular weight excluding hydrogens is 470 g/mol. The average Bonchev–Trinajstić information content (AvgIpc) is 3.35.